The molecule has 2 rings (SSSR count). The molecule has 1 N–H and O–H groups in total. The molecule has 4 nitrogen and oxygen atoms in total. The van der Waals surface area contributed by atoms with Crippen LogP contribution in [-0.2, 0) is 19.9 Å². The van der Waals surface area contributed by atoms with Crippen LogP contribution in [-0.4, -0.2) is 19.9 Å². The Morgan fingerprint density at radius 1 is 1.53 bits per heavy atom. The third kappa shape index (κ3) is 2.99. The Hall–Kier alpha value is -0.910. The Kier molecular flexibility index (Phi) is 4.60. The van der Waals surface area contributed by atoms with Crippen LogP contribution < -0.4 is 0 Å². The number of rotatable bonds is 4. The molecule has 0 saturated heterocycles. The zero-order valence-corrected chi connectivity index (χ0v) is 13.1. The van der Waals surface area contributed by atoms with Crippen molar-refractivity contribution in [1.29, 1.82) is 0 Å². The van der Waals surface area contributed by atoms with Gasteiger partial charge < -0.3 is 5.11 Å². The lowest BCUT2D eigenvalue weighted by atomic mass is 10.1. The number of aryl methyl sites for hydroxylation is 2. The summed E-state index contributed by atoms with van der Waals surface area (Å²) in [5.74, 6) is 0. The molecular weight excluding hydrogens is 330 g/mol. The van der Waals surface area contributed by atoms with Crippen molar-refractivity contribution in [2.75, 3.05) is 0 Å². The fourth-order valence-electron chi connectivity index (χ4n) is 1.96. The first-order valence-corrected chi connectivity index (χ1v) is 7.20. The lowest BCUT2D eigenvalue weighted by Crippen LogP contribution is -2.08. The van der Waals surface area contributed by atoms with Crippen molar-refractivity contribution >= 4 is 27.5 Å². The first-order valence-electron chi connectivity index (χ1n) is 6.03. The number of hydrogen-bond donors (Lipinski definition) is 1. The number of aliphatic hydroxyl groups is 1. The van der Waals surface area contributed by atoms with E-state index in [0.29, 0.717) is 17.1 Å². The molecule has 0 fully saturated rings. The third-order valence-electron chi connectivity index (χ3n) is 2.99. The molecule has 102 valence electrons. The predicted octanol–water partition coefficient (Wildman–Crippen LogP) is 3.07. The molecule has 0 spiro atoms. The van der Waals surface area contributed by atoms with Gasteiger partial charge >= 0.3 is 0 Å². The van der Waals surface area contributed by atoms with Gasteiger partial charge in [0.15, 0.2) is 0 Å². The predicted molar refractivity (Wildman–Crippen MR) is 78.2 cm³/mol. The first kappa shape index (κ1) is 14.5. The fraction of sp³-hybridized carbons (Fsp3) is 0.385. The van der Waals surface area contributed by atoms with Crippen LogP contribution in [0.25, 0.3) is 0 Å². The molecule has 2 heterocycles. The SMILES string of the molecule is CCc1nn(C)c(CC(O)c2ncccc2Br)c1Cl. The number of pyridine rings is 1. The topological polar surface area (TPSA) is 50.9 Å². The summed E-state index contributed by atoms with van der Waals surface area (Å²) in [5.41, 5.74) is 2.29. The van der Waals surface area contributed by atoms with Crippen molar-refractivity contribution in [3.8, 4) is 0 Å². The smallest absolute Gasteiger partial charge is 0.103 e. The maximum absolute atomic E-state index is 10.3. The maximum Gasteiger partial charge on any atom is 0.103 e. The number of aliphatic hydroxyl groups excluding tert-OH is 1. The summed E-state index contributed by atoms with van der Waals surface area (Å²) < 4.78 is 2.51. The van der Waals surface area contributed by atoms with Gasteiger partial charge in [0.2, 0.25) is 0 Å². The molecule has 1 unspecified atom stereocenters. The Bertz CT molecular complexity index is 585. The summed E-state index contributed by atoms with van der Waals surface area (Å²) in [6.45, 7) is 2.00. The molecule has 0 aliphatic rings. The minimum atomic E-state index is -0.715. The highest BCUT2D eigenvalue weighted by Crippen LogP contribution is 2.28. The lowest BCUT2D eigenvalue weighted by Gasteiger charge is -2.12. The Labute approximate surface area is 125 Å². The van der Waals surface area contributed by atoms with Crippen LogP contribution in [0.2, 0.25) is 5.02 Å². The molecule has 0 bridgehead atoms. The average molecular weight is 345 g/mol. The van der Waals surface area contributed by atoms with Gasteiger partial charge in [0.05, 0.1) is 22.1 Å². The van der Waals surface area contributed by atoms with Crippen LogP contribution in [0.3, 0.4) is 0 Å². The van der Waals surface area contributed by atoms with E-state index in [1.165, 1.54) is 0 Å². The lowest BCUT2D eigenvalue weighted by molar-refractivity contribution is 0.170. The van der Waals surface area contributed by atoms with E-state index in [9.17, 15) is 5.11 Å². The van der Waals surface area contributed by atoms with Crippen molar-refractivity contribution in [3.05, 3.63) is 44.9 Å². The van der Waals surface area contributed by atoms with Gasteiger partial charge in [0, 0.05) is 24.1 Å². The summed E-state index contributed by atoms with van der Waals surface area (Å²) >= 11 is 9.66. The second-order valence-corrected chi connectivity index (χ2v) is 5.51. The second-order valence-electron chi connectivity index (χ2n) is 4.27. The molecule has 2 aromatic rings. The summed E-state index contributed by atoms with van der Waals surface area (Å²) in [6.07, 6.45) is 2.10. The van der Waals surface area contributed by atoms with Crippen LogP contribution >= 0.6 is 27.5 Å². The van der Waals surface area contributed by atoms with Crippen molar-refractivity contribution < 1.29 is 5.11 Å². The van der Waals surface area contributed by atoms with Crippen LogP contribution in [0.15, 0.2) is 22.8 Å². The molecule has 0 aliphatic heterocycles. The molecule has 6 heteroatoms. The van der Waals surface area contributed by atoms with Crippen molar-refractivity contribution in [2.45, 2.75) is 25.9 Å². The van der Waals surface area contributed by atoms with E-state index in [0.717, 1.165) is 22.3 Å². The number of aromatic nitrogens is 3. The molecule has 19 heavy (non-hydrogen) atoms. The van der Waals surface area contributed by atoms with Crippen LogP contribution in [0.1, 0.15) is 30.1 Å². The van der Waals surface area contributed by atoms with E-state index in [1.807, 2.05) is 26.1 Å². The minimum absolute atomic E-state index is 0.387. The number of nitrogens with zero attached hydrogens (tertiary/aromatic N) is 3. The van der Waals surface area contributed by atoms with E-state index in [1.54, 1.807) is 10.9 Å². The van der Waals surface area contributed by atoms with Crippen molar-refractivity contribution in [2.24, 2.45) is 7.05 Å². The van der Waals surface area contributed by atoms with E-state index < -0.39 is 6.10 Å². The molecule has 0 saturated carbocycles. The van der Waals surface area contributed by atoms with Gasteiger partial charge in [0.1, 0.15) is 6.10 Å². The Morgan fingerprint density at radius 3 is 2.84 bits per heavy atom. The zero-order chi connectivity index (χ0) is 14.0. The van der Waals surface area contributed by atoms with Gasteiger partial charge in [-0.3, -0.25) is 9.67 Å². The quantitative estimate of drug-likeness (QED) is 0.927. The van der Waals surface area contributed by atoms with Crippen LogP contribution in [0.5, 0.6) is 0 Å². The summed E-state index contributed by atoms with van der Waals surface area (Å²) in [6, 6.07) is 3.67. The van der Waals surface area contributed by atoms with E-state index in [-0.39, 0.29) is 0 Å². The normalized spacial score (nSPS) is 12.7. The second kappa shape index (κ2) is 6.03. The highest BCUT2D eigenvalue weighted by molar-refractivity contribution is 9.10. The van der Waals surface area contributed by atoms with Gasteiger partial charge in [-0.05, 0) is 34.5 Å². The molecule has 0 aliphatic carbocycles. The average Bonchev–Trinajstić information content (AvgIpc) is 2.66. The van der Waals surface area contributed by atoms with E-state index in [4.69, 9.17) is 11.6 Å². The summed E-state index contributed by atoms with van der Waals surface area (Å²) in [4.78, 5) is 4.19. The highest BCUT2D eigenvalue weighted by atomic mass is 79.9. The molecular formula is C13H15BrClN3O. The van der Waals surface area contributed by atoms with Gasteiger partial charge in [-0.25, -0.2) is 0 Å². The highest BCUT2D eigenvalue weighted by Gasteiger charge is 2.19. The molecule has 0 amide bonds. The summed E-state index contributed by atoms with van der Waals surface area (Å²) in [7, 11) is 1.83. The molecule has 0 aromatic carbocycles. The fourth-order valence-corrected chi connectivity index (χ4v) is 2.85. The van der Waals surface area contributed by atoms with Gasteiger partial charge in [-0.2, -0.15) is 5.10 Å². The van der Waals surface area contributed by atoms with Crippen LogP contribution in [0, 0.1) is 0 Å². The molecule has 1 atom stereocenters. The Morgan fingerprint density at radius 2 is 2.26 bits per heavy atom. The first-order chi connectivity index (χ1) is 9.04. The number of hydrogen-bond acceptors (Lipinski definition) is 3. The standard InChI is InChI=1S/C13H15BrClN3O/c1-3-9-12(15)10(18(2)17-9)7-11(19)13-8(14)5-4-6-16-13/h4-6,11,19H,3,7H2,1-2H3. The monoisotopic (exact) mass is 343 g/mol. The largest absolute Gasteiger partial charge is 0.386 e. The van der Waals surface area contributed by atoms with Gasteiger partial charge in [-0.15, -0.1) is 0 Å². The third-order valence-corrected chi connectivity index (χ3v) is 4.10. The minimum Gasteiger partial charge on any atom is -0.386 e. The molecule has 0 radical (unpaired) electrons. The van der Waals surface area contributed by atoms with E-state index >= 15 is 0 Å². The van der Waals surface area contributed by atoms with Crippen molar-refractivity contribution in [3.63, 3.8) is 0 Å². The molecule has 2 aromatic heterocycles. The van der Waals surface area contributed by atoms with E-state index in [2.05, 4.69) is 26.0 Å². The zero-order valence-electron chi connectivity index (χ0n) is 10.8. The maximum atomic E-state index is 10.3. The summed E-state index contributed by atoms with van der Waals surface area (Å²) in [5, 5.41) is 15.3. The Balaban J connectivity index is 2.27. The van der Waals surface area contributed by atoms with Crippen LogP contribution in [0.4, 0.5) is 0 Å². The van der Waals surface area contributed by atoms with Crippen molar-refractivity contribution in [1.82, 2.24) is 14.8 Å². The number of halogens is 2. The van der Waals surface area contributed by atoms with Gasteiger partial charge in [0.25, 0.3) is 0 Å². The van der Waals surface area contributed by atoms with Gasteiger partial charge in [-0.1, -0.05) is 18.5 Å².